The molecule has 0 radical (unpaired) electrons. The smallest absolute Gasteiger partial charge is 0.246 e. The first-order chi connectivity index (χ1) is 10.7. The van der Waals surface area contributed by atoms with Gasteiger partial charge in [-0.3, -0.25) is 4.79 Å². The average Bonchev–Trinajstić information content (AvgIpc) is 3.20. The van der Waals surface area contributed by atoms with E-state index in [1.165, 1.54) is 6.08 Å². The molecule has 2 aromatic rings. The van der Waals surface area contributed by atoms with Gasteiger partial charge in [-0.1, -0.05) is 6.58 Å². The number of aromatic nitrogens is 3. The van der Waals surface area contributed by atoms with Crippen molar-refractivity contribution in [1.82, 2.24) is 19.9 Å². The van der Waals surface area contributed by atoms with Crippen molar-refractivity contribution in [2.75, 3.05) is 24.5 Å². The topological polar surface area (TPSA) is 65.1 Å². The summed E-state index contributed by atoms with van der Waals surface area (Å²) in [7, 11) is 0. The molecule has 22 heavy (non-hydrogen) atoms. The summed E-state index contributed by atoms with van der Waals surface area (Å²) in [6.07, 6.45) is 7.99. The zero-order chi connectivity index (χ0) is 15.2. The first-order valence-corrected chi connectivity index (χ1v) is 7.71. The predicted molar refractivity (Wildman–Crippen MR) is 84.6 cm³/mol. The molecule has 0 atom stereocenters. The first-order valence-electron chi connectivity index (χ1n) is 7.71. The lowest BCUT2D eigenvalue weighted by Crippen LogP contribution is -2.46. The molecule has 114 valence electrons. The maximum Gasteiger partial charge on any atom is 0.246 e. The fourth-order valence-electron chi connectivity index (χ4n) is 3.49. The van der Waals surface area contributed by atoms with Gasteiger partial charge in [-0.05, 0) is 31.4 Å². The Bertz CT molecular complexity index is 733. The molecule has 0 aromatic carbocycles. The fraction of sp³-hybridized carbons (Fsp3) is 0.438. The number of nitrogens with one attached hydrogen (secondary N) is 1. The van der Waals surface area contributed by atoms with Crippen LogP contribution in [-0.2, 0) is 4.79 Å². The largest absolute Gasteiger partial charge is 0.354 e. The second-order valence-corrected chi connectivity index (χ2v) is 6.13. The molecule has 3 heterocycles. The summed E-state index contributed by atoms with van der Waals surface area (Å²) in [5.41, 5.74) is 0.827. The molecule has 0 bridgehead atoms. The summed E-state index contributed by atoms with van der Waals surface area (Å²) >= 11 is 0. The van der Waals surface area contributed by atoms with Crippen LogP contribution in [-0.4, -0.2) is 50.9 Å². The molecule has 2 fully saturated rings. The Kier molecular flexibility index (Phi) is 2.92. The molecule has 2 aliphatic rings. The van der Waals surface area contributed by atoms with Gasteiger partial charge in [-0.25, -0.2) is 9.97 Å². The van der Waals surface area contributed by atoms with E-state index >= 15 is 0 Å². The van der Waals surface area contributed by atoms with Crippen LogP contribution in [0.25, 0.3) is 11.0 Å². The Hall–Kier alpha value is -2.37. The van der Waals surface area contributed by atoms with Crippen molar-refractivity contribution in [3.05, 3.63) is 31.2 Å². The van der Waals surface area contributed by atoms with Crippen LogP contribution in [0.1, 0.15) is 19.3 Å². The SMILES string of the molecule is C=CC(=O)N1CCCN(c2ncnc3[nH]ccc23)CC12CC2. The minimum absolute atomic E-state index is 0.0324. The third-order valence-electron chi connectivity index (χ3n) is 4.77. The number of rotatable bonds is 2. The van der Waals surface area contributed by atoms with E-state index in [0.717, 1.165) is 55.7 Å². The summed E-state index contributed by atoms with van der Waals surface area (Å²) in [5.74, 6) is 1.01. The minimum Gasteiger partial charge on any atom is -0.354 e. The number of aromatic amines is 1. The second kappa shape index (κ2) is 4.83. The zero-order valence-corrected chi connectivity index (χ0v) is 12.5. The predicted octanol–water partition coefficient (Wildman–Crippen LogP) is 1.72. The molecule has 6 heteroatoms. The van der Waals surface area contributed by atoms with Crippen LogP contribution in [0.4, 0.5) is 5.82 Å². The van der Waals surface area contributed by atoms with Crippen LogP contribution in [0.2, 0.25) is 0 Å². The van der Waals surface area contributed by atoms with Gasteiger partial charge in [0.05, 0.1) is 10.9 Å². The molecule has 6 nitrogen and oxygen atoms in total. The second-order valence-electron chi connectivity index (χ2n) is 6.13. The number of hydrogen-bond donors (Lipinski definition) is 1. The van der Waals surface area contributed by atoms with Gasteiger partial charge in [0.1, 0.15) is 17.8 Å². The zero-order valence-electron chi connectivity index (χ0n) is 12.5. The van der Waals surface area contributed by atoms with Gasteiger partial charge in [0.2, 0.25) is 5.91 Å². The first kappa shape index (κ1) is 13.3. The molecule has 1 saturated heterocycles. The van der Waals surface area contributed by atoms with Gasteiger partial charge in [0.15, 0.2) is 0 Å². The van der Waals surface area contributed by atoms with Crippen LogP contribution in [0.5, 0.6) is 0 Å². The normalized spacial score (nSPS) is 20.2. The van der Waals surface area contributed by atoms with E-state index in [9.17, 15) is 4.79 Å². The Labute approximate surface area is 128 Å². The molecule has 1 amide bonds. The number of carbonyl (C=O) groups excluding carboxylic acids is 1. The Morgan fingerprint density at radius 2 is 2.23 bits per heavy atom. The maximum atomic E-state index is 12.1. The summed E-state index contributed by atoms with van der Waals surface area (Å²) in [4.78, 5) is 28.4. The number of nitrogens with zero attached hydrogens (tertiary/aromatic N) is 4. The molecule has 1 aliphatic heterocycles. The van der Waals surface area contributed by atoms with Crippen molar-refractivity contribution in [3.63, 3.8) is 0 Å². The van der Waals surface area contributed by atoms with E-state index < -0.39 is 0 Å². The number of fused-ring (bicyclic) bond motifs is 1. The van der Waals surface area contributed by atoms with Crippen LogP contribution >= 0.6 is 0 Å². The van der Waals surface area contributed by atoms with Crippen molar-refractivity contribution in [2.45, 2.75) is 24.8 Å². The number of carbonyl (C=O) groups is 1. The average molecular weight is 297 g/mol. The molecule has 2 aromatic heterocycles. The molecular formula is C16H19N5O. The third kappa shape index (κ3) is 1.98. The number of anilines is 1. The number of amides is 1. The lowest BCUT2D eigenvalue weighted by Gasteiger charge is -2.31. The fourth-order valence-corrected chi connectivity index (χ4v) is 3.49. The van der Waals surface area contributed by atoms with E-state index in [-0.39, 0.29) is 11.4 Å². The van der Waals surface area contributed by atoms with E-state index in [1.54, 1.807) is 6.33 Å². The molecule has 1 saturated carbocycles. The van der Waals surface area contributed by atoms with Crippen molar-refractivity contribution < 1.29 is 4.79 Å². The highest BCUT2D eigenvalue weighted by molar-refractivity contribution is 5.89. The van der Waals surface area contributed by atoms with E-state index in [4.69, 9.17) is 0 Å². The maximum absolute atomic E-state index is 12.1. The molecule has 1 aliphatic carbocycles. The summed E-state index contributed by atoms with van der Waals surface area (Å²) in [5, 5.41) is 1.04. The van der Waals surface area contributed by atoms with Crippen LogP contribution < -0.4 is 4.90 Å². The van der Waals surface area contributed by atoms with Crippen molar-refractivity contribution >= 4 is 22.8 Å². The minimum atomic E-state index is -0.0324. The van der Waals surface area contributed by atoms with E-state index in [1.807, 2.05) is 17.2 Å². The Morgan fingerprint density at radius 1 is 1.36 bits per heavy atom. The van der Waals surface area contributed by atoms with Crippen LogP contribution in [0, 0.1) is 0 Å². The van der Waals surface area contributed by atoms with Crippen LogP contribution in [0.3, 0.4) is 0 Å². The summed E-state index contributed by atoms with van der Waals surface area (Å²) < 4.78 is 0. The Morgan fingerprint density at radius 3 is 3.00 bits per heavy atom. The van der Waals surface area contributed by atoms with Gasteiger partial charge < -0.3 is 14.8 Å². The van der Waals surface area contributed by atoms with Crippen LogP contribution in [0.15, 0.2) is 31.2 Å². The number of H-pyrrole nitrogens is 1. The summed E-state index contributed by atoms with van der Waals surface area (Å²) in [6.45, 7) is 6.18. The molecule has 0 unspecified atom stereocenters. The Balaban J connectivity index is 1.68. The quantitative estimate of drug-likeness (QED) is 0.857. The standard InChI is InChI=1S/C16H19N5O/c1-2-13(22)21-9-3-8-20(10-16(21)5-6-16)15-12-4-7-17-14(12)18-11-19-15/h2,4,7,11H,1,3,5-6,8-10H2,(H,17,18,19). The molecule has 1 N–H and O–H groups in total. The van der Waals surface area contributed by atoms with Crippen molar-refractivity contribution in [2.24, 2.45) is 0 Å². The number of hydrogen-bond acceptors (Lipinski definition) is 4. The van der Waals surface area contributed by atoms with Gasteiger partial charge in [0.25, 0.3) is 0 Å². The molecule has 1 spiro atoms. The van der Waals surface area contributed by atoms with Gasteiger partial charge in [0, 0.05) is 25.8 Å². The van der Waals surface area contributed by atoms with Crippen molar-refractivity contribution in [3.8, 4) is 0 Å². The van der Waals surface area contributed by atoms with Gasteiger partial charge in [-0.15, -0.1) is 0 Å². The highest BCUT2D eigenvalue weighted by Crippen LogP contribution is 2.45. The highest BCUT2D eigenvalue weighted by Gasteiger charge is 2.51. The van der Waals surface area contributed by atoms with Crippen molar-refractivity contribution in [1.29, 1.82) is 0 Å². The lowest BCUT2D eigenvalue weighted by atomic mass is 10.2. The molecular weight excluding hydrogens is 278 g/mol. The van der Waals surface area contributed by atoms with Gasteiger partial charge in [-0.2, -0.15) is 0 Å². The highest BCUT2D eigenvalue weighted by atomic mass is 16.2. The molecule has 4 rings (SSSR count). The third-order valence-corrected chi connectivity index (χ3v) is 4.77. The van der Waals surface area contributed by atoms with Gasteiger partial charge >= 0.3 is 0 Å². The monoisotopic (exact) mass is 297 g/mol. The van der Waals surface area contributed by atoms with E-state index in [0.29, 0.717) is 0 Å². The van der Waals surface area contributed by atoms with E-state index in [2.05, 4.69) is 26.4 Å². The summed E-state index contributed by atoms with van der Waals surface area (Å²) in [6, 6.07) is 2.02. The lowest BCUT2D eigenvalue weighted by molar-refractivity contribution is -0.128.